The van der Waals surface area contributed by atoms with Gasteiger partial charge < -0.3 is 5.11 Å². The van der Waals surface area contributed by atoms with Gasteiger partial charge in [-0.15, -0.1) is 0 Å². The van der Waals surface area contributed by atoms with Crippen molar-refractivity contribution in [3.05, 3.63) is 0 Å². The molecule has 0 radical (unpaired) electrons. The number of hydrogen-bond donors (Lipinski definition) is 1. The number of β-amino-alcohol motifs (C(OH)–C–C–N with tert-alkyl or cyclic N) is 1. The van der Waals surface area contributed by atoms with Crippen LogP contribution in [0.1, 0.15) is 0 Å². The van der Waals surface area contributed by atoms with Crippen LogP contribution in [0, 0.1) is 17.2 Å². The van der Waals surface area contributed by atoms with E-state index < -0.39 is 0 Å². The Hall–Kier alpha value is -0.590. The summed E-state index contributed by atoms with van der Waals surface area (Å²) in [5.41, 5.74) is 0. The predicted octanol–water partition coefficient (Wildman–Crippen LogP) is -0.566. The number of aliphatic hydroxyl groups is 1. The summed E-state index contributed by atoms with van der Waals surface area (Å²) >= 11 is 0. The third-order valence-electron chi connectivity index (χ3n) is 1.56. The van der Waals surface area contributed by atoms with E-state index in [-0.39, 0.29) is 12.5 Å². The maximum Gasteiger partial charge on any atom is 0.0717 e. The van der Waals surface area contributed by atoms with E-state index in [0.717, 1.165) is 19.6 Å². The van der Waals surface area contributed by atoms with Crippen LogP contribution in [0.15, 0.2) is 0 Å². The predicted molar refractivity (Wildman–Crippen MR) is 32.6 cm³/mol. The molecule has 0 aromatic heterocycles. The van der Waals surface area contributed by atoms with Gasteiger partial charge in [0.1, 0.15) is 0 Å². The lowest BCUT2D eigenvalue weighted by Crippen LogP contribution is -2.46. The maximum atomic E-state index is 8.44. The first-order chi connectivity index (χ1) is 4.36. The Balaban J connectivity index is 2.06. The summed E-state index contributed by atoms with van der Waals surface area (Å²) in [6.07, 6.45) is 0. The summed E-state index contributed by atoms with van der Waals surface area (Å²) in [4.78, 5) is 2.06. The van der Waals surface area contributed by atoms with Crippen molar-refractivity contribution in [2.45, 2.75) is 0 Å². The minimum atomic E-state index is 0.206. The molecule has 3 heteroatoms. The molecule has 0 atom stereocenters. The van der Waals surface area contributed by atoms with Crippen molar-refractivity contribution in [2.24, 2.45) is 5.92 Å². The highest BCUT2D eigenvalue weighted by Gasteiger charge is 2.24. The van der Waals surface area contributed by atoms with Crippen molar-refractivity contribution in [2.75, 3.05) is 26.2 Å². The van der Waals surface area contributed by atoms with Gasteiger partial charge in [-0.1, -0.05) is 0 Å². The molecule has 0 aromatic rings. The van der Waals surface area contributed by atoms with E-state index in [1.54, 1.807) is 0 Å². The summed E-state index contributed by atoms with van der Waals surface area (Å²) < 4.78 is 0. The number of rotatable bonds is 2. The van der Waals surface area contributed by atoms with Crippen molar-refractivity contribution in [1.29, 1.82) is 5.26 Å². The summed E-state index contributed by atoms with van der Waals surface area (Å²) in [5.74, 6) is 0.219. The zero-order valence-electron chi connectivity index (χ0n) is 5.25. The van der Waals surface area contributed by atoms with Crippen LogP contribution in [-0.4, -0.2) is 36.2 Å². The zero-order valence-corrected chi connectivity index (χ0v) is 5.25. The van der Waals surface area contributed by atoms with Crippen molar-refractivity contribution >= 4 is 0 Å². The summed E-state index contributed by atoms with van der Waals surface area (Å²) in [6.45, 7) is 2.62. The Morgan fingerprint density at radius 1 is 1.67 bits per heavy atom. The van der Waals surface area contributed by atoms with Crippen molar-refractivity contribution in [1.82, 2.24) is 4.90 Å². The van der Waals surface area contributed by atoms with Gasteiger partial charge in [0.25, 0.3) is 0 Å². The van der Waals surface area contributed by atoms with Gasteiger partial charge in [-0.2, -0.15) is 5.26 Å². The second-order valence-electron chi connectivity index (χ2n) is 2.31. The van der Waals surface area contributed by atoms with Crippen LogP contribution in [0.25, 0.3) is 0 Å². The van der Waals surface area contributed by atoms with E-state index in [0.29, 0.717) is 0 Å². The third-order valence-corrected chi connectivity index (χ3v) is 1.56. The Labute approximate surface area is 54.5 Å². The lowest BCUT2D eigenvalue weighted by atomic mass is 10.0. The molecule has 1 rings (SSSR count). The SMILES string of the molecule is N#CC1CN(CCO)C1. The van der Waals surface area contributed by atoms with Gasteiger partial charge in [-0.3, -0.25) is 4.90 Å². The Morgan fingerprint density at radius 2 is 2.33 bits per heavy atom. The number of likely N-dealkylation sites (tertiary alicyclic amines) is 1. The maximum absolute atomic E-state index is 8.44. The molecule has 1 heterocycles. The topological polar surface area (TPSA) is 47.3 Å². The molecule has 0 amide bonds. The van der Waals surface area contributed by atoms with Gasteiger partial charge in [0.2, 0.25) is 0 Å². The lowest BCUT2D eigenvalue weighted by molar-refractivity contribution is 0.105. The highest BCUT2D eigenvalue weighted by Crippen LogP contribution is 2.12. The molecule has 1 saturated heterocycles. The minimum Gasteiger partial charge on any atom is -0.395 e. The molecule has 50 valence electrons. The minimum absolute atomic E-state index is 0.206. The molecule has 0 bridgehead atoms. The van der Waals surface area contributed by atoms with E-state index in [4.69, 9.17) is 10.4 Å². The molecule has 0 saturated carbocycles. The molecular formula is C6H10N2O. The summed E-state index contributed by atoms with van der Waals surface area (Å²) in [7, 11) is 0. The van der Waals surface area contributed by atoms with E-state index in [2.05, 4.69) is 11.0 Å². The molecule has 1 aliphatic heterocycles. The highest BCUT2D eigenvalue weighted by atomic mass is 16.3. The number of aliphatic hydroxyl groups excluding tert-OH is 1. The number of nitriles is 1. The van der Waals surface area contributed by atoms with Gasteiger partial charge in [0.15, 0.2) is 0 Å². The van der Waals surface area contributed by atoms with E-state index in [1.165, 1.54) is 0 Å². The van der Waals surface area contributed by atoms with E-state index in [9.17, 15) is 0 Å². The first-order valence-corrected chi connectivity index (χ1v) is 3.09. The first-order valence-electron chi connectivity index (χ1n) is 3.09. The van der Waals surface area contributed by atoms with Gasteiger partial charge >= 0.3 is 0 Å². The molecule has 1 aliphatic rings. The van der Waals surface area contributed by atoms with Crippen LogP contribution in [0.4, 0.5) is 0 Å². The Bertz CT molecular complexity index is 124. The van der Waals surface area contributed by atoms with Crippen molar-refractivity contribution < 1.29 is 5.11 Å². The zero-order chi connectivity index (χ0) is 6.69. The molecule has 0 aliphatic carbocycles. The van der Waals surface area contributed by atoms with E-state index in [1.807, 2.05) is 0 Å². The van der Waals surface area contributed by atoms with Gasteiger partial charge in [-0.25, -0.2) is 0 Å². The molecule has 0 spiro atoms. The molecule has 3 nitrogen and oxygen atoms in total. The average Bonchev–Trinajstić information content (AvgIpc) is 1.77. The second kappa shape index (κ2) is 2.81. The fraction of sp³-hybridized carbons (Fsp3) is 0.833. The van der Waals surface area contributed by atoms with Crippen LogP contribution in [0.3, 0.4) is 0 Å². The molecule has 0 unspecified atom stereocenters. The van der Waals surface area contributed by atoms with Gasteiger partial charge in [-0.05, 0) is 0 Å². The van der Waals surface area contributed by atoms with Crippen LogP contribution in [0.2, 0.25) is 0 Å². The smallest absolute Gasteiger partial charge is 0.0717 e. The molecule has 1 fully saturated rings. The monoisotopic (exact) mass is 126 g/mol. The fourth-order valence-corrected chi connectivity index (χ4v) is 0.976. The largest absolute Gasteiger partial charge is 0.395 e. The van der Waals surface area contributed by atoms with Crippen LogP contribution < -0.4 is 0 Å². The van der Waals surface area contributed by atoms with Crippen LogP contribution in [-0.2, 0) is 0 Å². The standard InChI is InChI=1S/C6H10N2O/c7-3-6-4-8(5-6)1-2-9/h6,9H,1-2,4-5H2. The molecule has 1 N–H and O–H groups in total. The average molecular weight is 126 g/mol. The van der Waals surface area contributed by atoms with Crippen molar-refractivity contribution in [3.8, 4) is 6.07 Å². The second-order valence-corrected chi connectivity index (χ2v) is 2.31. The van der Waals surface area contributed by atoms with Gasteiger partial charge in [0, 0.05) is 19.6 Å². The first kappa shape index (κ1) is 6.53. The fourth-order valence-electron chi connectivity index (χ4n) is 0.976. The normalized spacial score (nSPS) is 20.9. The molecule has 9 heavy (non-hydrogen) atoms. The van der Waals surface area contributed by atoms with Crippen molar-refractivity contribution in [3.63, 3.8) is 0 Å². The van der Waals surface area contributed by atoms with E-state index >= 15 is 0 Å². The quantitative estimate of drug-likeness (QED) is 0.539. The molecular weight excluding hydrogens is 116 g/mol. The molecule has 0 aromatic carbocycles. The third kappa shape index (κ3) is 1.41. The lowest BCUT2D eigenvalue weighted by Gasteiger charge is -2.34. The Morgan fingerprint density at radius 3 is 2.78 bits per heavy atom. The summed E-state index contributed by atoms with van der Waals surface area (Å²) in [5, 5.41) is 16.8. The Kier molecular flexibility index (Phi) is 2.04. The number of nitrogens with zero attached hydrogens (tertiary/aromatic N) is 2. The van der Waals surface area contributed by atoms with Gasteiger partial charge in [0.05, 0.1) is 18.6 Å². The van der Waals surface area contributed by atoms with Crippen LogP contribution >= 0.6 is 0 Å². The highest BCUT2D eigenvalue weighted by molar-refractivity contribution is 4.94. The number of hydrogen-bond acceptors (Lipinski definition) is 3. The summed E-state index contributed by atoms with van der Waals surface area (Å²) in [6, 6.07) is 2.17. The van der Waals surface area contributed by atoms with Crippen LogP contribution in [0.5, 0.6) is 0 Å².